The van der Waals surface area contributed by atoms with Crippen LogP contribution < -0.4 is 10.0 Å². The quantitative estimate of drug-likeness (QED) is 0.665. The minimum atomic E-state index is -3.69. The lowest BCUT2D eigenvalue weighted by molar-refractivity contribution is 0.601. The van der Waals surface area contributed by atoms with Crippen LogP contribution in [0.5, 0.6) is 0 Å². The summed E-state index contributed by atoms with van der Waals surface area (Å²) < 4.78 is 41.1. The summed E-state index contributed by atoms with van der Waals surface area (Å²) in [6.07, 6.45) is 1.42. The molecule has 0 saturated carbocycles. The van der Waals surface area contributed by atoms with Gasteiger partial charge in [-0.1, -0.05) is 24.3 Å². The number of anilines is 2. The highest BCUT2D eigenvalue weighted by Gasteiger charge is 2.15. The van der Waals surface area contributed by atoms with Gasteiger partial charge in [0.1, 0.15) is 11.6 Å². The second-order valence-corrected chi connectivity index (χ2v) is 7.91. The maximum Gasteiger partial charge on any atom is 0.261 e. The molecular weight excluding hydrogens is 365 g/mol. The van der Waals surface area contributed by atoms with Crippen molar-refractivity contribution in [2.75, 3.05) is 10.0 Å². The Morgan fingerprint density at radius 3 is 2.44 bits per heavy atom. The topological polar surface area (TPSA) is 71.1 Å². The van der Waals surface area contributed by atoms with Crippen molar-refractivity contribution in [2.24, 2.45) is 0 Å². The summed E-state index contributed by atoms with van der Waals surface area (Å²) in [5, 5.41) is 3.01. The fourth-order valence-corrected chi connectivity index (χ4v) is 3.61. The summed E-state index contributed by atoms with van der Waals surface area (Å²) in [5.41, 5.74) is 2.81. The van der Waals surface area contributed by atoms with Crippen LogP contribution in [0.4, 0.5) is 15.9 Å². The smallest absolute Gasteiger partial charge is 0.261 e. The maximum absolute atomic E-state index is 13.6. The number of nitrogens with one attached hydrogen (secondary N) is 2. The van der Waals surface area contributed by atoms with E-state index in [1.807, 2.05) is 13.8 Å². The molecular formula is C20H20FN3O2S. The fourth-order valence-electron chi connectivity index (χ4n) is 2.48. The van der Waals surface area contributed by atoms with Crippen LogP contribution in [0.2, 0.25) is 0 Å². The molecule has 7 heteroatoms. The zero-order chi connectivity index (χ0) is 19.4. The molecule has 0 amide bonds. The van der Waals surface area contributed by atoms with Crippen LogP contribution in [0.25, 0.3) is 0 Å². The minimum Gasteiger partial charge on any atom is -0.366 e. The van der Waals surface area contributed by atoms with Gasteiger partial charge in [0.05, 0.1) is 16.8 Å². The molecule has 2 N–H and O–H groups in total. The van der Waals surface area contributed by atoms with Crippen LogP contribution in [-0.4, -0.2) is 13.4 Å². The van der Waals surface area contributed by atoms with Gasteiger partial charge in [0.15, 0.2) is 0 Å². The Bertz CT molecular complexity index is 1050. The van der Waals surface area contributed by atoms with Gasteiger partial charge in [-0.05, 0) is 55.3 Å². The first-order valence-electron chi connectivity index (χ1n) is 8.38. The zero-order valence-electron chi connectivity index (χ0n) is 15.0. The number of pyridine rings is 1. The molecule has 0 fully saturated rings. The third-order valence-electron chi connectivity index (χ3n) is 4.22. The van der Waals surface area contributed by atoms with E-state index in [9.17, 15) is 12.8 Å². The van der Waals surface area contributed by atoms with Gasteiger partial charge < -0.3 is 5.32 Å². The van der Waals surface area contributed by atoms with Crippen molar-refractivity contribution in [3.8, 4) is 0 Å². The van der Waals surface area contributed by atoms with Crippen molar-refractivity contribution < 1.29 is 12.8 Å². The molecule has 1 aromatic heterocycles. The molecule has 0 aliphatic heterocycles. The summed E-state index contributed by atoms with van der Waals surface area (Å²) in [6, 6.07) is 14.7. The van der Waals surface area contributed by atoms with Crippen molar-refractivity contribution in [2.45, 2.75) is 25.3 Å². The number of hydrogen-bond donors (Lipinski definition) is 2. The van der Waals surface area contributed by atoms with Gasteiger partial charge in [-0.2, -0.15) is 0 Å². The van der Waals surface area contributed by atoms with Gasteiger partial charge in [0.25, 0.3) is 10.0 Å². The van der Waals surface area contributed by atoms with Gasteiger partial charge in [-0.3, -0.25) is 4.72 Å². The highest BCUT2D eigenvalue weighted by molar-refractivity contribution is 7.92. The van der Waals surface area contributed by atoms with Gasteiger partial charge in [-0.15, -0.1) is 0 Å². The summed E-state index contributed by atoms with van der Waals surface area (Å²) >= 11 is 0. The summed E-state index contributed by atoms with van der Waals surface area (Å²) in [6.45, 7) is 4.08. The predicted molar refractivity (Wildman–Crippen MR) is 105 cm³/mol. The molecule has 140 valence electrons. The Balaban J connectivity index is 1.68. The molecule has 0 bridgehead atoms. The second-order valence-electron chi connectivity index (χ2n) is 6.23. The normalized spacial score (nSPS) is 11.2. The molecule has 0 radical (unpaired) electrons. The number of aryl methyl sites for hydroxylation is 2. The van der Waals surface area contributed by atoms with E-state index in [1.165, 1.54) is 12.3 Å². The zero-order valence-corrected chi connectivity index (χ0v) is 15.8. The lowest BCUT2D eigenvalue weighted by Crippen LogP contribution is -2.13. The van der Waals surface area contributed by atoms with Crippen molar-refractivity contribution in [1.82, 2.24) is 4.98 Å². The molecule has 0 aliphatic rings. The number of benzene rings is 2. The van der Waals surface area contributed by atoms with Gasteiger partial charge in [-0.25, -0.2) is 17.8 Å². The number of sulfonamides is 1. The fraction of sp³-hybridized carbons (Fsp3) is 0.150. The Morgan fingerprint density at radius 2 is 1.78 bits per heavy atom. The molecule has 0 aliphatic carbocycles. The van der Waals surface area contributed by atoms with E-state index in [2.05, 4.69) is 15.0 Å². The highest BCUT2D eigenvalue weighted by atomic mass is 32.2. The number of rotatable bonds is 6. The van der Waals surface area contributed by atoms with Crippen molar-refractivity contribution >= 4 is 21.5 Å². The van der Waals surface area contributed by atoms with E-state index in [0.29, 0.717) is 17.1 Å². The lowest BCUT2D eigenvalue weighted by atomic mass is 10.1. The molecule has 5 nitrogen and oxygen atoms in total. The van der Waals surface area contributed by atoms with E-state index in [-0.39, 0.29) is 17.3 Å². The number of aromatic nitrogens is 1. The van der Waals surface area contributed by atoms with Crippen LogP contribution >= 0.6 is 0 Å². The Labute approximate surface area is 158 Å². The van der Waals surface area contributed by atoms with Crippen LogP contribution in [0.3, 0.4) is 0 Å². The Morgan fingerprint density at radius 1 is 1.00 bits per heavy atom. The van der Waals surface area contributed by atoms with Gasteiger partial charge in [0.2, 0.25) is 0 Å². The number of halogens is 1. The highest BCUT2D eigenvalue weighted by Crippen LogP contribution is 2.19. The van der Waals surface area contributed by atoms with Gasteiger partial charge >= 0.3 is 0 Å². The predicted octanol–water partition coefficient (Wildman–Crippen LogP) is 4.25. The minimum absolute atomic E-state index is 0.201. The third-order valence-corrected chi connectivity index (χ3v) is 5.60. The summed E-state index contributed by atoms with van der Waals surface area (Å²) in [4.78, 5) is 4.37. The first-order chi connectivity index (χ1) is 12.8. The number of hydrogen-bond acceptors (Lipinski definition) is 4. The molecule has 3 aromatic rings. The van der Waals surface area contributed by atoms with E-state index >= 15 is 0 Å². The maximum atomic E-state index is 13.6. The van der Waals surface area contributed by atoms with E-state index in [4.69, 9.17) is 0 Å². The third kappa shape index (κ3) is 4.62. The van der Waals surface area contributed by atoms with Crippen LogP contribution in [0, 0.1) is 19.7 Å². The molecule has 0 unspecified atom stereocenters. The monoisotopic (exact) mass is 385 g/mol. The van der Waals surface area contributed by atoms with E-state index in [1.54, 1.807) is 48.5 Å². The summed E-state index contributed by atoms with van der Waals surface area (Å²) in [7, 11) is -3.69. The van der Waals surface area contributed by atoms with Crippen LogP contribution in [0.1, 0.15) is 16.7 Å². The average Bonchev–Trinajstić information content (AvgIpc) is 2.64. The lowest BCUT2D eigenvalue weighted by Gasteiger charge is -2.11. The van der Waals surface area contributed by atoms with E-state index < -0.39 is 10.0 Å². The molecule has 3 rings (SSSR count). The second kappa shape index (κ2) is 7.75. The molecule has 1 heterocycles. The number of nitrogens with zero attached hydrogens (tertiary/aromatic N) is 1. The molecule has 27 heavy (non-hydrogen) atoms. The Hall–Kier alpha value is -2.93. The van der Waals surface area contributed by atoms with Crippen molar-refractivity contribution in [3.63, 3.8) is 0 Å². The van der Waals surface area contributed by atoms with Gasteiger partial charge in [0, 0.05) is 12.1 Å². The van der Waals surface area contributed by atoms with Crippen LogP contribution in [-0.2, 0) is 16.6 Å². The standard InChI is InChI=1S/C20H20FN3O2S/c1-14-7-9-18(11-15(14)2)27(25,26)24-17-8-10-20(23-13-17)22-12-16-5-3-4-6-19(16)21/h3-11,13,24H,12H2,1-2H3,(H,22,23). The average molecular weight is 385 g/mol. The summed E-state index contributed by atoms with van der Waals surface area (Å²) in [5.74, 6) is 0.232. The first kappa shape index (κ1) is 18.8. The largest absolute Gasteiger partial charge is 0.366 e. The molecule has 0 saturated heterocycles. The first-order valence-corrected chi connectivity index (χ1v) is 9.87. The molecule has 2 aromatic carbocycles. The Kier molecular flexibility index (Phi) is 5.41. The SMILES string of the molecule is Cc1ccc(S(=O)(=O)Nc2ccc(NCc3ccccc3F)nc2)cc1C. The van der Waals surface area contributed by atoms with Crippen molar-refractivity contribution in [1.29, 1.82) is 0 Å². The van der Waals surface area contributed by atoms with Crippen LogP contribution in [0.15, 0.2) is 65.7 Å². The molecule has 0 spiro atoms. The van der Waals surface area contributed by atoms with Crippen molar-refractivity contribution in [3.05, 3.63) is 83.3 Å². The molecule has 0 atom stereocenters. The van der Waals surface area contributed by atoms with E-state index in [0.717, 1.165) is 11.1 Å².